The van der Waals surface area contributed by atoms with Gasteiger partial charge in [0, 0.05) is 24.2 Å². The van der Waals surface area contributed by atoms with Gasteiger partial charge in [0.2, 0.25) is 5.91 Å². The molecule has 0 bridgehead atoms. The van der Waals surface area contributed by atoms with Crippen LogP contribution >= 0.6 is 0 Å². The van der Waals surface area contributed by atoms with Gasteiger partial charge in [-0.25, -0.2) is 4.79 Å². The maximum atomic E-state index is 13.2. The summed E-state index contributed by atoms with van der Waals surface area (Å²) in [5, 5.41) is 2.83. The van der Waals surface area contributed by atoms with Gasteiger partial charge in [0.05, 0.1) is 17.7 Å². The van der Waals surface area contributed by atoms with Gasteiger partial charge < -0.3 is 14.4 Å². The lowest BCUT2D eigenvalue weighted by atomic mass is 9.85. The van der Waals surface area contributed by atoms with Crippen LogP contribution in [-0.4, -0.2) is 31.1 Å². The molecule has 0 saturated carbocycles. The van der Waals surface area contributed by atoms with Crippen molar-refractivity contribution in [3.05, 3.63) is 59.7 Å². The molecule has 182 valence electrons. The molecule has 2 aromatic rings. The van der Waals surface area contributed by atoms with Gasteiger partial charge in [-0.2, -0.15) is 0 Å². The molecule has 1 aliphatic heterocycles. The molecule has 0 saturated heterocycles. The lowest BCUT2D eigenvalue weighted by molar-refractivity contribution is -0.143. The Morgan fingerprint density at radius 3 is 2.41 bits per heavy atom. The standard InChI is InChI=1S/C27H34N2O5/c1-4-33-23(30)17-10-5-6-11-18-29-22-16-12-15-21(24(22)27(2,3)25(29)31)28-26(32)34-19-20-13-8-7-9-14-20/h7-9,12-16H,4-6,10-11,17-19H2,1-3H3,(H,28,32). The fourth-order valence-corrected chi connectivity index (χ4v) is 4.30. The Labute approximate surface area is 201 Å². The minimum atomic E-state index is -0.761. The highest BCUT2D eigenvalue weighted by atomic mass is 16.5. The number of rotatable bonds is 11. The molecule has 1 N–H and O–H groups in total. The summed E-state index contributed by atoms with van der Waals surface area (Å²) < 4.78 is 10.3. The molecule has 0 aromatic heterocycles. The molecule has 0 atom stereocenters. The van der Waals surface area contributed by atoms with Crippen LogP contribution in [0, 0.1) is 0 Å². The third-order valence-corrected chi connectivity index (χ3v) is 6.01. The second kappa shape index (κ2) is 11.7. The highest BCUT2D eigenvalue weighted by Crippen LogP contribution is 2.45. The molecule has 0 fully saturated rings. The Kier molecular flexibility index (Phi) is 8.68. The summed E-state index contributed by atoms with van der Waals surface area (Å²) in [6.07, 6.45) is 3.33. The minimum Gasteiger partial charge on any atom is -0.466 e. The van der Waals surface area contributed by atoms with Crippen molar-refractivity contribution < 1.29 is 23.9 Å². The van der Waals surface area contributed by atoms with Gasteiger partial charge in [-0.15, -0.1) is 0 Å². The van der Waals surface area contributed by atoms with Crippen LogP contribution in [0.25, 0.3) is 0 Å². The number of anilines is 2. The number of carbonyl (C=O) groups is 3. The van der Waals surface area contributed by atoms with Crippen molar-refractivity contribution in [3.8, 4) is 0 Å². The third kappa shape index (κ3) is 6.16. The Bertz CT molecular complexity index is 1000. The number of fused-ring (bicyclic) bond motifs is 1. The van der Waals surface area contributed by atoms with Crippen LogP contribution < -0.4 is 10.2 Å². The minimum absolute atomic E-state index is 0.0147. The topological polar surface area (TPSA) is 84.9 Å². The second-order valence-corrected chi connectivity index (χ2v) is 8.94. The van der Waals surface area contributed by atoms with E-state index in [1.165, 1.54) is 0 Å². The lowest BCUT2D eigenvalue weighted by Crippen LogP contribution is -2.37. The van der Waals surface area contributed by atoms with Crippen LogP contribution in [0.5, 0.6) is 0 Å². The van der Waals surface area contributed by atoms with Gasteiger partial charge >= 0.3 is 12.1 Å². The van der Waals surface area contributed by atoms with Crippen molar-refractivity contribution in [3.63, 3.8) is 0 Å². The predicted octanol–water partition coefficient (Wildman–Crippen LogP) is 5.57. The summed E-state index contributed by atoms with van der Waals surface area (Å²) in [5.41, 5.74) is 2.36. The fourth-order valence-electron chi connectivity index (χ4n) is 4.30. The molecule has 2 aromatic carbocycles. The molecule has 7 heteroatoms. The molecule has 0 radical (unpaired) electrons. The van der Waals surface area contributed by atoms with E-state index in [1.54, 1.807) is 17.9 Å². The zero-order valence-electron chi connectivity index (χ0n) is 20.3. The fraction of sp³-hybridized carbons (Fsp3) is 0.444. The van der Waals surface area contributed by atoms with E-state index < -0.39 is 11.5 Å². The van der Waals surface area contributed by atoms with Gasteiger partial charge in [-0.05, 0) is 51.3 Å². The molecule has 7 nitrogen and oxygen atoms in total. The number of nitrogens with zero attached hydrogens (tertiary/aromatic N) is 1. The van der Waals surface area contributed by atoms with Crippen LogP contribution in [0.1, 0.15) is 64.0 Å². The molecular weight excluding hydrogens is 432 g/mol. The quantitative estimate of drug-likeness (QED) is 0.345. The molecule has 0 spiro atoms. The Hall–Kier alpha value is -3.35. The van der Waals surface area contributed by atoms with E-state index in [0.29, 0.717) is 25.3 Å². The van der Waals surface area contributed by atoms with E-state index in [1.807, 2.05) is 56.3 Å². The molecule has 2 amide bonds. The first kappa shape index (κ1) is 25.3. The first-order valence-corrected chi connectivity index (χ1v) is 11.9. The molecule has 1 heterocycles. The maximum absolute atomic E-state index is 13.2. The van der Waals surface area contributed by atoms with Crippen molar-refractivity contribution >= 4 is 29.3 Å². The lowest BCUT2D eigenvalue weighted by Gasteiger charge is -2.20. The zero-order chi connectivity index (χ0) is 24.6. The van der Waals surface area contributed by atoms with Crippen LogP contribution in [0.2, 0.25) is 0 Å². The van der Waals surface area contributed by atoms with E-state index in [2.05, 4.69) is 5.32 Å². The molecule has 1 aliphatic rings. The Morgan fingerprint density at radius 1 is 0.941 bits per heavy atom. The van der Waals surface area contributed by atoms with Gasteiger partial charge in [-0.1, -0.05) is 49.2 Å². The van der Waals surface area contributed by atoms with Gasteiger partial charge in [0.1, 0.15) is 6.61 Å². The van der Waals surface area contributed by atoms with Gasteiger partial charge in [-0.3, -0.25) is 14.9 Å². The Balaban J connectivity index is 1.59. The number of ether oxygens (including phenoxy) is 2. The van der Waals surface area contributed by atoms with Crippen LogP contribution in [0.3, 0.4) is 0 Å². The number of hydrogen-bond donors (Lipinski definition) is 1. The number of esters is 1. The number of unbranched alkanes of at least 4 members (excludes halogenated alkanes) is 3. The number of hydrogen-bond acceptors (Lipinski definition) is 5. The van der Waals surface area contributed by atoms with Crippen molar-refractivity contribution in [1.29, 1.82) is 0 Å². The van der Waals surface area contributed by atoms with Crippen molar-refractivity contribution in [2.45, 2.75) is 64.9 Å². The van der Waals surface area contributed by atoms with E-state index >= 15 is 0 Å². The average Bonchev–Trinajstić information content (AvgIpc) is 3.01. The number of benzene rings is 2. The van der Waals surface area contributed by atoms with Crippen molar-refractivity contribution in [2.75, 3.05) is 23.4 Å². The smallest absolute Gasteiger partial charge is 0.411 e. The zero-order valence-corrected chi connectivity index (χ0v) is 20.3. The summed E-state index contributed by atoms with van der Waals surface area (Å²) in [6.45, 7) is 6.75. The van der Waals surface area contributed by atoms with E-state index in [0.717, 1.165) is 42.5 Å². The summed E-state index contributed by atoms with van der Waals surface area (Å²) >= 11 is 0. The monoisotopic (exact) mass is 466 g/mol. The van der Waals surface area contributed by atoms with E-state index in [9.17, 15) is 14.4 Å². The third-order valence-electron chi connectivity index (χ3n) is 6.01. The largest absolute Gasteiger partial charge is 0.466 e. The van der Waals surface area contributed by atoms with E-state index in [4.69, 9.17) is 9.47 Å². The summed E-state index contributed by atoms with van der Waals surface area (Å²) in [6, 6.07) is 15.0. The summed E-state index contributed by atoms with van der Waals surface area (Å²) in [4.78, 5) is 38.9. The second-order valence-electron chi connectivity index (χ2n) is 8.94. The molecule has 3 rings (SSSR count). The SMILES string of the molecule is CCOC(=O)CCCCCCN1C(=O)C(C)(C)c2c(NC(=O)OCc3ccccc3)cccc21. The normalized spacial score (nSPS) is 14.0. The van der Waals surface area contributed by atoms with Crippen LogP contribution in [0.15, 0.2) is 48.5 Å². The molecular formula is C27H34N2O5. The highest BCUT2D eigenvalue weighted by molar-refractivity contribution is 6.10. The molecule has 0 aliphatic carbocycles. The van der Waals surface area contributed by atoms with Crippen molar-refractivity contribution in [2.24, 2.45) is 0 Å². The number of carbonyl (C=O) groups excluding carboxylic acids is 3. The first-order valence-electron chi connectivity index (χ1n) is 11.9. The highest BCUT2D eigenvalue weighted by Gasteiger charge is 2.45. The van der Waals surface area contributed by atoms with Crippen LogP contribution in [-0.2, 0) is 31.1 Å². The van der Waals surface area contributed by atoms with Gasteiger partial charge in [0.25, 0.3) is 0 Å². The molecule has 0 unspecified atom stereocenters. The van der Waals surface area contributed by atoms with E-state index in [-0.39, 0.29) is 18.5 Å². The predicted molar refractivity (Wildman–Crippen MR) is 132 cm³/mol. The van der Waals surface area contributed by atoms with Crippen LogP contribution in [0.4, 0.5) is 16.2 Å². The van der Waals surface area contributed by atoms with Gasteiger partial charge in [0.15, 0.2) is 0 Å². The summed E-state index contributed by atoms with van der Waals surface area (Å²) in [5.74, 6) is -0.142. The average molecular weight is 467 g/mol. The molecule has 34 heavy (non-hydrogen) atoms. The Morgan fingerprint density at radius 2 is 1.68 bits per heavy atom. The maximum Gasteiger partial charge on any atom is 0.411 e. The summed E-state index contributed by atoms with van der Waals surface area (Å²) in [7, 11) is 0. The van der Waals surface area contributed by atoms with Crippen molar-refractivity contribution in [1.82, 2.24) is 0 Å². The first-order chi connectivity index (χ1) is 16.3. The number of amides is 2. The number of nitrogens with one attached hydrogen (secondary N) is 1.